The van der Waals surface area contributed by atoms with E-state index in [2.05, 4.69) is 5.32 Å². The van der Waals surface area contributed by atoms with Crippen LogP contribution >= 0.6 is 0 Å². The van der Waals surface area contributed by atoms with Crippen molar-refractivity contribution in [2.45, 2.75) is 25.4 Å². The topological polar surface area (TPSA) is 12.0 Å². The van der Waals surface area contributed by atoms with Gasteiger partial charge in [-0.3, -0.25) is 0 Å². The lowest BCUT2D eigenvalue weighted by atomic mass is 10.1. The molecule has 16 heavy (non-hydrogen) atoms. The fourth-order valence-corrected chi connectivity index (χ4v) is 1.42. The summed E-state index contributed by atoms with van der Waals surface area (Å²) in [5, 5.41) is 3.01. The molecule has 0 aliphatic carbocycles. The van der Waals surface area contributed by atoms with Crippen molar-refractivity contribution in [2.24, 2.45) is 0 Å². The Labute approximate surface area is 93.7 Å². The Kier molecular flexibility index (Phi) is 5.32. The third kappa shape index (κ3) is 6.45. The van der Waals surface area contributed by atoms with Gasteiger partial charge in [-0.25, -0.2) is 0 Å². The number of alkyl halides is 3. The van der Waals surface area contributed by atoms with Gasteiger partial charge in [0.1, 0.15) is 0 Å². The van der Waals surface area contributed by atoms with Crippen molar-refractivity contribution in [1.29, 1.82) is 0 Å². The largest absolute Gasteiger partial charge is 0.389 e. The van der Waals surface area contributed by atoms with Crippen molar-refractivity contribution in [2.75, 3.05) is 13.1 Å². The highest BCUT2D eigenvalue weighted by molar-refractivity contribution is 5.14. The van der Waals surface area contributed by atoms with E-state index in [1.165, 1.54) is 5.56 Å². The van der Waals surface area contributed by atoms with Crippen LogP contribution in [0.15, 0.2) is 30.3 Å². The summed E-state index contributed by atoms with van der Waals surface area (Å²) in [5.41, 5.74) is 1.20. The van der Waals surface area contributed by atoms with Gasteiger partial charge in [-0.15, -0.1) is 0 Å². The SMILES string of the molecule is FC(F)(F)CCCNCCc1ccccc1. The molecule has 1 N–H and O–H groups in total. The van der Waals surface area contributed by atoms with Crippen LogP contribution < -0.4 is 5.32 Å². The van der Waals surface area contributed by atoms with Crippen LogP contribution in [-0.2, 0) is 6.42 Å². The van der Waals surface area contributed by atoms with Crippen molar-refractivity contribution in [1.82, 2.24) is 5.32 Å². The quantitative estimate of drug-likeness (QED) is 0.741. The van der Waals surface area contributed by atoms with Gasteiger partial charge < -0.3 is 5.32 Å². The van der Waals surface area contributed by atoms with Crippen molar-refractivity contribution < 1.29 is 13.2 Å². The summed E-state index contributed by atoms with van der Waals surface area (Å²) >= 11 is 0. The molecule has 0 aliphatic rings. The van der Waals surface area contributed by atoms with E-state index in [9.17, 15) is 13.2 Å². The van der Waals surface area contributed by atoms with Gasteiger partial charge in [-0.2, -0.15) is 13.2 Å². The molecule has 0 aromatic heterocycles. The zero-order chi connectivity index (χ0) is 11.9. The van der Waals surface area contributed by atoms with Crippen LogP contribution in [0.2, 0.25) is 0 Å². The first-order valence-corrected chi connectivity index (χ1v) is 5.39. The highest BCUT2D eigenvalue weighted by Gasteiger charge is 2.25. The minimum Gasteiger partial charge on any atom is -0.316 e. The molecule has 0 fully saturated rings. The molecule has 4 heteroatoms. The summed E-state index contributed by atoms with van der Waals surface area (Å²) in [4.78, 5) is 0. The van der Waals surface area contributed by atoms with E-state index in [-0.39, 0.29) is 6.42 Å². The van der Waals surface area contributed by atoms with Crippen LogP contribution in [0.4, 0.5) is 13.2 Å². The maximum absolute atomic E-state index is 11.8. The Morgan fingerprint density at radius 3 is 2.31 bits per heavy atom. The van der Waals surface area contributed by atoms with E-state index >= 15 is 0 Å². The molecule has 0 atom stereocenters. The Bertz CT molecular complexity index is 282. The monoisotopic (exact) mass is 231 g/mol. The predicted octanol–water partition coefficient (Wildman–Crippen LogP) is 3.16. The summed E-state index contributed by atoms with van der Waals surface area (Å²) in [6.07, 6.45) is -3.72. The number of hydrogen-bond acceptors (Lipinski definition) is 1. The van der Waals surface area contributed by atoms with Gasteiger partial charge in [0.05, 0.1) is 0 Å². The molecule has 0 unspecified atom stereocenters. The number of rotatable bonds is 6. The molecule has 1 aromatic rings. The molecule has 0 spiro atoms. The lowest BCUT2D eigenvalue weighted by Gasteiger charge is -2.07. The fraction of sp³-hybridized carbons (Fsp3) is 0.500. The normalized spacial score (nSPS) is 11.7. The predicted molar refractivity (Wildman–Crippen MR) is 58.3 cm³/mol. The highest BCUT2D eigenvalue weighted by Crippen LogP contribution is 2.20. The molecule has 0 saturated carbocycles. The smallest absolute Gasteiger partial charge is 0.316 e. The molecular formula is C12H16F3N. The van der Waals surface area contributed by atoms with Crippen LogP contribution in [-0.4, -0.2) is 19.3 Å². The number of hydrogen-bond donors (Lipinski definition) is 1. The molecule has 90 valence electrons. The molecule has 0 bridgehead atoms. The zero-order valence-electron chi connectivity index (χ0n) is 9.06. The number of halogens is 3. The number of benzene rings is 1. The number of nitrogens with one attached hydrogen (secondary N) is 1. The van der Waals surface area contributed by atoms with E-state index < -0.39 is 12.6 Å². The minimum absolute atomic E-state index is 0.151. The third-order valence-corrected chi connectivity index (χ3v) is 2.25. The molecule has 1 nitrogen and oxygen atoms in total. The lowest BCUT2D eigenvalue weighted by molar-refractivity contribution is -0.135. The van der Waals surface area contributed by atoms with E-state index in [0.29, 0.717) is 6.54 Å². The average molecular weight is 231 g/mol. The van der Waals surface area contributed by atoms with Crippen LogP contribution in [0, 0.1) is 0 Å². The molecule has 0 heterocycles. The second-order valence-corrected chi connectivity index (χ2v) is 3.70. The second-order valence-electron chi connectivity index (χ2n) is 3.70. The van der Waals surface area contributed by atoms with E-state index in [0.717, 1.165) is 13.0 Å². The first-order chi connectivity index (χ1) is 7.58. The van der Waals surface area contributed by atoms with Gasteiger partial charge in [0.2, 0.25) is 0 Å². The van der Waals surface area contributed by atoms with Gasteiger partial charge in [0, 0.05) is 6.42 Å². The van der Waals surface area contributed by atoms with Crippen molar-refractivity contribution >= 4 is 0 Å². The van der Waals surface area contributed by atoms with Gasteiger partial charge in [0.15, 0.2) is 0 Å². The summed E-state index contributed by atoms with van der Waals surface area (Å²) in [6.45, 7) is 1.15. The lowest BCUT2D eigenvalue weighted by Crippen LogP contribution is -2.20. The molecule has 0 aliphatic heterocycles. The van der Waals surface area contributed by atoms with Crippen molar-refractivity contribution in [3.05, 3.63) is 35.9 Å². The summed E-state index contributed by atoms with van der Waals surface area (Å²) in [7, 11) is 0. The fourth-order valence-electron chi connectivity index (χ4n) is 1.42. The maximum atomic E-state index is 11.8. The maximum Gasteiger partial charge on any atom is 0.389 e. The van der Waals surface area contributed by atoms with Gasteiger partial charge in [-0.1, -0.05) is 30.3 Å². The van der Waals surface area contributed by atoms with Gasteiger partial charge in [-0.05, 0) is 31.5 Å². The minimum atomic E-state index is -4.03. The van der Waals surface area contributed by atoms with Crippen LogP contribution in [0.5, 0.6) is 0 Å². The Hall–Kier alpha value is -1.03. The summed E-state index contributed by atoms with van der Waals surface area (Å²) in [5.74, 6) is 0. The molecule has 1 rings (SSSR count). The average Bonchev–Trinajstić information content (AvgIpc) is 2.23. The van der Waals surface area contributed by atoms with E-state index in [1.807, 2.05) is 30.3 Å². The Morgan fingerprint density at radius 2 is 1.69 bits per heavy atom. The molecule has 0 radical (unpaired) electrons. The molecular weight excluding hydrogens is 215 g/mol. The van der Waals surface area contributed by atoms with Gasteiger partial charge in [0.25, 0.3) is 0 Å². The highest BCUT2D eigenvalue weighted by atomic mass is 19.4. The van der Waals surface area contributed by atoms with Crippen LogP contribution in [0.25, 0.3) is 0 Å². The summed E-state index contributed by atoms with van der Waals surface area (Å²) < 4.78 is 35.4. The first-order valence-electron chi connectivity index (χ1n) is 5.39. The molecule has 1 aromatic carbocycles. The first kappa shape index (κ1) is 13.0. The molecule has 0 saturated heterocycles. The zero-order valence-corrected chi connectivity index (χ0v) is 9.06. The Morgan fingerprint density at radius 1 is 1.00 bits per heavy atom. The van der Waals surface area contributed by atoms with Crippen molar-refractivity contribution in [3.8, 4) is 0 Å². The van der Waals surface area contributed by atoms with Crippen molar-refractivity contribution in [3.63, 3.8) is 0 Å². The van der Waals surface area contributed by atoms with E-state index in [4.69, 9.17) is 0 Å². The van der Waals surface area contributed by atoms with Gasteiger partial charge >= 0.3 is 6.18 Å². The van der Waals surface area contributed by atoms with Crippen LogP contribution in [0.1, 0.15) is 18.4 Å². The summed E-state index contributed by atoms with van der Waals surface area (Å²) in [6, 6.07) is 9.88. The standard InChI is InChI=1S/C12H16F3N/c13-12(14,15)8-4-9-16-10-7-11-5-2-1-3-6-11/h1-3,5-6,16H,4,7-10H2. The Balaban J connectivity index is 2.01. The molecule has 0 amide bonds. The third-order valence-electron chi connectivity index (χ3n) is 2.25. The van der Waals surface area contributed by atoms with E-state index in [1.54, 1.807) is 0 Å². The second kappa shape index (κ2) is 6.53. The van der Waals surface area contributed by atoms with Crippen LogP contribution in [0.3, 0.4) is 0 Å².